The van der Waals surface area contributed by atoms with E-state index in [0.29, 0.717) is 23.7 Å². The number of aromatic nitrogens is 3. The molecule has 2 atom stereocenters. The van der Waals surface area contributed by atoms with Crippen molar-refractivity contribution < 1.29 is 27.8 Å². The van der Waals surface area contributed by atoms with Crippen molar-refractivity contribution >= 4 is 55.8 Å². The maximum absolute atomic E-state index is 13.4. The van der Waals surface area contributed by atoms with Gasteiger partial charge in [0.15, 0.2) is 11.9 Å². The van der Waals surface area contributed by atoms with Crippen LogP contribution in [0.2, 0.25) is 5.02 Å². The number of alkyl halides is 3. The van der Waals surface area contributed by atoms with Gasteiger partial charge in [-0.15, -0.1) is 11.3 Å². The number of nitrogens with zero attached hydrogens (tertiary/aromatic N) is 5. The molecule has 8 nitrogen and oxygen atoms in total. The van der Waals surface area contributed by atoms with Gasteiger partial charge in [0.05, 0.1) is 21.3 Å². The Morgan fingerprint density at radius 1 is 1.02 bits per heavy atom. The summed E-state index contributed by atoms with van der Waals surface area (Å²) < 4.78 is 48.8. The molecule has 1 N–H and O–H groups in total. The van der Waals surface area contributed by atoms with E-state index in [9.17, 15) is 23.1 Å². The lowest BCUT2D eigenvalue weighted by Crippen LogP contribution is -2.53. The zero-order chi connectivity index (χ0) is 34.7. The van der Waals surface area contributed by atoms with Crippen LogP contribution >= 0.6 is 22.9 Å². The topological polar surface area (TPSA) is 83.7 Å². The van der Waals surface area contributed by atoms with Gasteiger partial charge in [0, 0.05) is 60.3 Å². The second-order valence-electron chi connectivity index (χ2n) is 13.2. The molecule has 1 aliphatic rings. The Hall–Kier alpha value is -3.71. The number of carbonyl (C=O) groups is 1. The molecule has 48 heavy (non-hydrogen) atoms. The smallest absolute Gasteiger partial charge is 0.403 e. The highest BCUT2D eigenvalue weighted by molar-refractivity contribution is 7.22. The summed E-state index contributed by atoms with van der Waals surface area (Å²) >= 11 is 7.71. The summed E-state index contributed by atoms with van der Waals surface area (Å²) in [5.74, 6) is -0.367. The molecule has 0 amide bonds. The van der Waals surface area contributed by atoms with Crippen molar-refractivity contribution in [1.82, 2.24) is 19.7 Å². The lowest BCUT2D eigenvalue weighted by atomic mass is 9.91. The fourth-order valence-corrected chi connectivity index (χ4v) is 7.55. The molecule has 0 spiro atoms. The number of hydrogen-bond donors (Lipinski definition) is 1. The number of carboxylic acid groups (broad SMARTS) is 1. The number of fused-ring (bicyclic) bond motifs is 2. The van der Waals surface area contributed by atoms with E-state index in [2.05, 4.69) is 0 Å². The van der Waals surface area contributed by atoms with E-state index in [1.165, 1.54) is 23.2 Å². The van der Waals surface area contributed by atoms with Crippen molar-refractivity contribution in [2.24, 2.45) is 7.05 Å². The number of aliphatic carboxylic acids is 1. The highest BCUT2D eigenvalue weighted by Crippen LogP contribution is 2.45. The number of thiazole rings is 1. The molecule has 3 heterocycles. The molecule has 6 rings (SSSR count). The largest absolute Gasteiger partial charge is 0.479 e. The number of anilines is 1. The number of carboxylic acids is 1. The number of ether oxygens (including phenoxy) is 1. The van der Waals surface area contributed by atoms with Crippen molar-refractivity contribution in [3.05, 3.63) is 64.7 Å². The van der Waals surface area contributed by atoms with Crippen molar-refractivity contribution in [1.29, 1.82) is 0 Å². The van der Waals surface area contributed by atoms with Crippen LogP contribution in [0.5, 0.6) is 0 Å². The normalized spacial score (nSPS) is 16.2. The summed E-state index contributed by atoms with van der Waals surface area (Å²) in [6.07, 6.45) is -5.49. The van der Waals surface area contributed by atoms with Crippen LogP contribution in [0.1, 0.15) is 44.9 Å². The third-order valence-corrected chi connectivity index (χ3v) is 10.1. The van der Waals surface area contributed by atoms with Gasteiger partial charge in [-0.2, -0.15) is 18.3 Å². The Kier molecular flexibility index (Phi) is 8.99. The van der Waals surface area contributed by atoms with Crippen LogP contribution < -0.4 is 4.90 Å². The van der Waals surface area contributed by atoms with E-state index in [4.69, 9.17) is 26.4 Å². The monoisotopic (exact) mass is 699 g/mol. The number of halogens is 4. The van der Waals surface area contributed by atoms with Crippen molar-refractivity contribution in [3.63, 3.8) is 0 Å². The minimum Gasteiger partial charge on any atom is -0.479 e. The van der Waals surface area contributed by atoms with Gasteiger partial charge < -0.3 is 14.7 Å². The summed E-state index contributed by atoms with van der Waals surface area (Å²) in [6, 6.07) is 13.7. The molecule has 13 heteroatoms. The molecule has 2 aromatic heterocycles. The first-order valence-electron chi connectivity index (χ1n) is 15.7. The zero-order valence-electron chi connectivity index (χ0n) is 27.5. The van der Waals surface area contributed by atoms with Crippen molar-refractivity contribution in [2.45, 2.75) is 58.5 Å². The van der Waals surface area contributed by atoms with E-state index in [0.717, 1.165) is 54.2 Å². The molecule has 1 aliphatic heterocycles. The van der Waals surface area contributed by atoms with E-state index >= 15 is 0 Å². The first kappa shape index (κ1) is 34.2. The first-order chi connectivity index (χ1) is 22.5. The number of aryl methyl sites for hydroxylation is 2. The molecule has 0 aliphatic carbocycles. The van der Waals surface area contributed by atoms with Gasteiger partial charge >= 0.3 is 12.1 Å². The number of benzene rings is 3. The summed E-state index contributed by atoms with van der Waals surface area (Å²) in [5.41, 5.74) is 4.58. The van der Waals surface area contributed by atoms with Crippen LogP contribution in [0.4, 0.5) is 19.0 Å². The minimum absolute atomic E-state index is 0.279. The van der Waals surface area contributed by atoms with E-state index < -0.39 is 29.9 Å². The SMILES string of the molecule is Cc1cc2nc(-c3ccc4c(c3)c(N3CCN([C@@H](C)C(F)(F)F)CC3)nn4C)sc2c(-c2ccc(Cl)cc2)c1[C@H](OC(C)(C)C)C(=O)O. The van der Waals surface area contributed by atoms with Gasteiger partial charge in [-0.05, 0) is 82.1 Å². The number of hydrogen-bond acceptors (Lipinski definition) is 7. The second kappa shape index (κ2) is 12.6. The van der Waals surface area contributed by atoms with Crippen LogP contribution in [-0.4, -0.2) is 74.7 Å². The van der Waals surface area contributed by atoms with Crippen LogP contribution in [0.25, 0.3) is 42.8 Å². The van der Waals surface area contributed by atoms with E-state index in [-0.39, 0.29) is 13.1 Å². The average Bonchev–Trinajstić information content (AvgIpc) is 3.59. The van der Waals surface area contributed by atoms with Crippen LogP contribution in [0.3, 0.4) is 0 Å². The molecule has 254 valence electrons. The third-order valence-electron chi connectivity index (χ3n) is 8.73. The Balaban J connectivity index is 1.44. The van der Waals surface area contributed by atoms with Crippen LogP contribution in [0, 0.1) is 6.92 Å². The van der Waals surface area contributed by atoms with Crippen molar-refractivity contribution in [3.8, 4) is 21.7 Å². The lowest BCUT2D eigenvalue weighted by molar-refractivity contribution is -0.179. The Morgan fingerprint density at radius 2 is 1.67 bits per heavy atom. The Labute approximate surface area is 285 Å². The first-order valence-corrected chi connectivity index (χ1v) is 16.8. The van der Waals surface area contributed by atoms with Gasteiger partial charge in [-0.3, -0.25) is 9.58 Å². The Morgan fingerprint density at radius 3 is 2.27 bits per heavy atom. The molecular formula is C35H37ClF3N5O3S. The third kappa shape index (κ3) is 6.63. The summed E-state index contributed by atoms with van der Waals surface area (Å²) in [4.78, 5) is 21.2. The van der Waals surface area contributed by atoms with Gasteiger partial charge in [0.25, 0.3) is 0 Å². The fourth-order valence-electron chi connectivity index (χ4n) is 6.30. The average molecular weight is 700 g/mol. The highest BCUT2D eigenvalue weighted by atomic mass is 35.5. The number of rotatable bonds is 7. The summed E-state index contributed by atoms with van der Waals surface area (Å²) in [7, 11) is 1.85. The maximum atomic E-state index is 13.4. The molecule has 1 saturated heterocycles. The number of piperazine rings is 1. The second-order valence-corrected chi connectivity index (χ2v) is 14.7. The molecule has 0 saturated carbocycles. The highest BCUT2D eigenvalue weighted by Gasteiger charge is 2.41. The molecule has 0 unspecified atom stereocenters. The summed E-state index contributed by atoms with van der Waals surface area (Å²) in [5, 5.41) is 17.3. The fraction of sp³-hybridized carbons (Fsp3) is 0.400. The summed E-state index contributed by atoms with van der Waals surface area (Å²) in [6.45, 7) is 9.97. The van der Waals surface area contributed by atoms with Gasteiger partial charge in [0.2, 0.25) is 0 Å². The lowest BCUT2D eigenvalue weighted by Gasteiger charge is -2.38. The predicted octanol–water partition coefficient (Wildman–Crippen LogP) is 8.49. The van der Waals surface area contributed by atoms with Gasteiger partial charge in [0.1, 0.15) is 11.0 Å². The van der Waals surface area contributed by atoms with Crippen molar-refractivity contribution in [2.75, 3.05) is 31.1 Å². The minimum atomic E-state index is -4.27. The molecule has 0 bridgehead atoms. The zero-order valence-corrected chi connectivity index (χ0v) is 29.1. The van der Waals surface area contributed by atoms with Gasteiger partial charge in [-0.25, -0.2) is 9.78 Å². The molecule has 1 fully saturated rings. The van der Waals surface area contributed by atoms with Gasteiger partial charge in [-0.1, -0.05) is 23.7 Å². The molecular weight excluding hydrogens is 663 g/mol. The molecule has 0 radical (unpaired) electrons. The quantitative estimate of drug-likeness (QED) is 0.182. The maximum Gasteiger partial charge on any atom is 0.403 e. The standard InChI is InChI=1S/C35H37ClF3N5O3S/c1-19-17-25-30(28(21-7-10-23(36)11-8-21)27(19)29(33(45)46)47-34(3,4)5)48-32(40-25)22-9-12-26-24(18-22)31(41-42(26)6)44-15-13-43(14-16-44)20(2)35(37,38)39/h7-12,17-18,20,29H,13-16H2,1-6H3,(H,45,46)/t20-,29-/m0/s1. The molecule has 5 aromatic rings. The predicted molar refractivity (Wildman–Crippen MR) is 185 cm³/mol. The van der Waals surface area contributed by atoms with Crippen LogP contribution in [0.15, 0.2) is 48.5 Å². The van der Waals surface area contributed by atoms with E-state index in [1.807, 2.05) is 76.0 Å². The Bertz CT molecular complexity index is 1990. The molecule has 3 aromatic carbocycles. The van der Waals surface area contributed by atoms with E-state index in [1.54, 1.807) is 16.8 Å². The van der Waals surface area contributed by atoms with Crippen LogP contribution in [-0.2, 0) is 16.6 Å².